The number of para-hydroxylation sites is 4. The van der Waals surface area contributed by atoms with Crippen LogP contribution in [0.1, 0.15) is 82.1 Å². The Bertz CT molecular complexity index is 3990. The van der Waals surface area contributed by atoms with Gasteiger partial charge >= 0.3 is 0 Å². The summed E-state index contributed by atoms with van der Waals surface area (Å²) in [4.78, 5) is 4.94. The average molecular weight is 979 g/mol. The van der Waals surface area contributed by atoms with E-state index in [4.69, 9.17) is 0 Å². The molecule has 0 heterocycles. The highest BCUT2D eigenvalue weighted by atomic mass is 15.2. The molecule has 1 atom stereocenters. The van der Waals surface area contributed by atoms with E-state index in [-0.39, 0.29) is 16.9 Å². The molecule has 0 saturated heterocycles. The molecule has 368 valence electrons. The second kappa shape index (κ2) is 18.1. The Balaban J connectivity index is 0.841. The average Bonchev–Trinajstić information content (AvgIpc) is 4.09. The number of anilines is 5. The molecule has 1 unspecified atom stereocenters. The second-order valence-electron chi connectivity index (χ2n) is 21.5. The molecule has 3 aliphatic rings. The molecule has 0 fully saturated rings. The van der Waals surface area contributed by atoms with E-state index in [9.17, 15) is 0 Å². The number of fused-ring (bicyclic) bond motifs is 5. The van der Waals surface area contributed by atoms with Crippen molar-refractivity contribution in [1.29, 1.82) is 0 Å². The van der Waals surface area contributed by atoms with Crippen molar-refractivity contribution in [2.75, 3.05) is 9.80 Å². The lowest BCUT2D eigenvalue weighted by molar-refractivity contribution is 0.455. The van der Waals surface area contributed by atoms with Crippen LogP contribution < -0.4 is 9.80 Å². The van der Waals surface area contributed by atoms with Gasteiger partial charge in [0, 0.05) is 39.3 Å². The summed E-state index contributed by atoms with van der Waals surface area (Å²) in [6.45, 7) is 9.60. The summed E-state index contributed by atoms with van der Waals surface area (Å²) in [7, 11) is 0. The van der Waals surface area contributed by atoms with Crippen molar-refractivity contribution in [2.24, 2.45) is 0 Å². The van der Waals surface area contributed by atoms with E-state index in [0.717, 1.165) is 43.5 Å². The Labute approximate surface area is 448 Å². The number of hydrogen-bond donors (Lipinski definition) is 0. The first-order valence-electron chi connectivity index (χ1n) is 27.8. The number of benzene rings is 11. The quantitative estimate of drug-likeness (QED) is 0.113. The van der Waals surface area contributed by atoms with Gasteiger partial charge in [-0.1, -0.05) is 192 Å². The Hall–Kier alpha value is -8.46. The summed E-state index contributed by atoms with van der Waals surface area (Å²) >= 11 is 0. The first kappa shape index (κ1) is 46.1. The normalized spacial score (nSPS) is 15.8. The molecular weight excluding hydrogens is 917 g/mol. The molecule has 2 heteroatoms. The largest absolute Gasteiger partial charge is 0.334 e. The Morgan fingerprint density at radius 2 is 0.803 bits per heavy atom. The van der Waals surface area contributed by atoms with Crippen molar-refractivity contribution in [3.8, 4) is 33.4 Å². The third-order valence-corrected chi connectivity index (χ3v) is 18.4. The van der Waals surface area contributed by atoms with Gasteiger partial charge in [0.05, 0.1) is 6.04 Å². The van der Waals surface area contributed by atoms with Crippen LogP contribution in [0.25, 0.3) is 71.3 Å². The predicted molar refractivity (Wildman–Crippen MR) is 324 cm³/mol. The van der Waals surface area contributed by atoms with Gasteiger partial charge in [-0.2, -0.15) is 0 Å². The number of allylic oxidation sites excluding steroid dienone is 2. The fourth-order valence-corrected chi connectivity index (χ4v) is 14.6. The summed E-state index contributed by atoms with van der Waals surface area (Å²) in [5, 5.41) is 7.92. The molecule has 0 spiro atoms. The van der Waals surface area contributed by atoms with Gasteiger partial charge in [-0.25, -0.2) is 0 Å². The van der Waals surface area contributed by atoms with Crippen molar-refractivity contribution in [3.63, 3.8) is 0 Å². The van der Waals surface area contributed by atoms with Crippen molar-refractivity contribution in [1.82, 2.24) is 0 Å². The fraction of sp³-hybridized carbons (Fsp3) is 0.162. The third kappa shape index (κ3) is 6.86. The minimum atomic E-state index is -0.116. The topological polar surface area (TPSA) is 6.48 Å². The van der Waals surface area contributed by atoms with Gasteiger partial charge in [-0.15, -0.1) is 0 Å². The summed E-state index contributed by atoms with van der Waals surface area (Å²) in [6.07, 6.45) is 10.1. The monoisotopic (exact) mass is 978 g/mol. The first-order chi connectivity index (χ1) is 37.5. The molecule has 0 aromatic heterocycles. The fourth-order valence-electron chi connectivity index (χ4n) is 14.6. The zero-order valence-corrected chi connectivity index (χ0v) is 44.0. The van der Waals surface area contributed by atoms with Gasteiger partial charge in [0.2, 0.25) is 0 Å². The van der Waals surface area contributed by atoms with Gasteiger partial charge in [0.25, 0.3) is 0 Å². The van der Waals surface area contributed by atoms with E-state index in [1.165, 1.54) is 111 Å². The summed E-state index contributed by atoms with van der Waals surface area (Å²) in [5.74, 6) is 0. The van der Waals surface area contributed by atoms with E-state index in [1.54, 1.807) is 5.57 Å². The van der Waals surface area contributed by atoms with E-state index < -0.39 is 0 Å². The van der Waals surface area contributed by atoms with Gasteiger partial charge < -0.3 is 9.80 Å². The molecule has 2 nitrogen and oxygen atoms in total. The van der Waals surface area contributed by atoms with Crippen LogP contribution in [0.2, 0.25) is 0 Å². The molecule has 11 aromatic carbocycles. The molecule has 0 bridgehead atoms. The Morgan fingerprint density at radius 3 is 1.30 bits per heavy atom. The first-order valence-corrected chi connectivity index (χ1v) is 27.8. The van der Waals surface area contributed by atoms with Crippen molar-refractivity contribution < 1.29 is 0 Å². The number of hydrogen-bond acceptors (Lipinski definition) is 2. The van der Waals surface area contributed by atoms with Gasteiger partial charge in [0.15, 0.2) is 0 Å². The van der Waals surface area contributed by atoms with Crippen LogP contribution in [-0.2, 0) is 10.8 Å². The van der Waals surface area contributed by atoms with Crippen LogP contribution in [0.3, 0.4) is 0 Å². The van der Waals surface area contributed by atoms with E-state index in [1.807, 2.05) is 0 Å². The lowest BCUT2D eigenvalue weighted by Crippen LogP contribution is -2.35. The zero-order valence-electron chi connectivity index (χ0n) is 44.0. The van der Waals surface area contributed by atoms with Gasteiger partial charge in [0.1, 0.15) is 0 Å². The maximum Gasteiger partial charge on any atom is 0.0563 e. The lowest BCUT2D eigenvalue weighted by Gasteiger charge is -2.39. The summed E-state index contributed by atoms with van der Waals surface area (Å²) in [6, 6.07) is 84.7. The van der Waals surface area contributed by atoms with Crippen LogP contribution in [-0.4, -0.2) is 6.04 Å². The van der Waals surface area contributed by atoms with Gasteiger partial charge in [-0.3, -0.25) is 0 Å². The van der Waals surface area contributed by atoms with E-state index >= 15 is 0 Å². The van der Waals surface area contributed by atoms with Crippen molar-refractivity contribution in [3.05, 3.63) is 264 Å². The van der Waals surface area contributed by atoms with E-state index in [0.29, 0.717) is 0 Å². The standard InChI is InChI=1S/C74H62N2/c1-5-73(6-2)67-45-51(33-39-61(67)63-43-35-57(47-69(63)73)75(53-21-13-9-14-22-53)54-23-15-10-16-24-54)59-37-29-49-32-42-66-60(38-30-50-31-41-65(59)71(49)72(50)66)52-34-40-62-64-44-36-58(48-70(64)74(7-3,8-4)68(62)46-52)76(55-25-17-11-18-26-55)56-27-19-12-20-28-56/h9-47,58H,5-8,48H2,1-4H3. The van der Waals surface area contributed by atoms with E-state index in [2.05, 4.69) is 274 Å². The molecule has 0 N–H and O–H groups in total. The smallest absolute Gasteiger partial charge is 0.0563 e. The molecule has 76 heavy (non-hydrogen) atoms. The molecule has 0 saturated carbocycles. The van der Waals surface area contributed by atoms with Crippen molar-refractivity contribution >= 4 is 66.3 Å². The molecular formula is C74H62N2. The van der Waals surface area contributed by atoms with Crippen molar-refractivity contribution in [2.45, 2.75) is 76.7 Å². The van der Waals surface area contributed by atoms with Crippen LogP contribution >= 0.6 is 0 Å². The molecule has 11 aromatic rings. The number of rotatable bonds is 12. The number of nitrogens with zero attached hydrogens (tertiary/aromatic N) is 2. The Kier molecular flexibility index (Phi) is 11.0. The summed E-state index contributed by atoms with van der Waals surface area (Å²) in [5.41, 5.74) is 22.5. The predicted octanol–water partition coefficient (Wildman–Crippen LogP) is 20.5. The molecule has 0 amide bonds. The van der Waals surface area contributed by atoms with Crippen LogP contribution in [0, 0.1) is 0 Å². The van der Waals surface area contributed by atoms with Crippen LogP contribution in [0.4, 0.5) is 28.4 Å². The van der Waals surface area contributed by atoms with Gasteiger partial charge in [-0.05, 0) is 204 Å². The molecule has 14 rings (SSSR count). The minimum absolute atomic E-state index is 0.0429. The maximum absolute atomic E-state index is 2.58. The zero-order chi connectivity index (χ0) is 51.1. The second-order valence-corrected chi connectivity index (χ2v) is 21.5. The highest BCUT2D eigenvalue weighted by Crippen LogP contribution is 2.58. The highest BCUT2D eigenvalue weighted by molar-refractivity contribution is 6.27. The Morgan fingerprint density at radius 1 is 0.382 bits per heavy atom. The maximum atomic E-state index is 2.58. The lowest BCUT2D eigenvalue weighted by atomic mass is 9.70. The van der Waals surface area contributed by atoms with Crippen LogP contribution in [0.5, 0.6) is 0 Å². The summed E-state index contributed by atoms with van der Waals surface area (Å²) < 4.78 is 0. The third-order valence-electron chi connectivity index (χ3n) is 18.4. The van der Waals surface area contributed by atoms with Crippen LogP contribution in [0.15, 0.2) is 242 Å². The molecule has 3 aliphatic carbocycles. The molecule has 0 radical (unpaired) electrons. The minimum Gasteiger partial charge on any atom is -0.334 e. The SMILES string of the molecule is CCC1(CC)C2=C(C=CC(N(c3ccccc3)c3ccccc3)C2)c2ccc(-c3ccc4ccc5c(-c6ccc7c(c6)C(CC)(CC)c6cc(N(c8ccccc8)c8ccccc8)ccc6-7)ccc6ccc3c4c65)cc21. The molecule has 0 aliphatic heterocycles. The highest BCUT2D eigenvalue weighted by Gasteiger charge is 2.45.